The normalized spacial score (nSPS) is 10.4. The Kier molecular flexibility index (Phi) is 5.71. The Labute approximate surface area is 161 Å². The third-order valence-electron chi connectivity index (χ3n) is 3.55. The summed E-state index contributed by atoms with van der Waals surface area (Å²) in [6.07, 6.45) is 0. The Morgan fingerprint density at radius 1 is 0.962 bits per heavy atom. The number of nitrogens with zero attached hydrogens (tertiary/aromatic N) is 2. The summed E-state index contributed by atoms with van der Waals surface area (Å²) in [5.74, 6) is 0.0774. The van der Waals surface area contributed by atoms with Gasteiger partial charge in [-0.1, -0.05) is 35.3 Å². The smallest absolute Gasteiger partial charge is 0.274 e. The lowest BCUT2D eigenvalue weighted by molar-refractivity contribution is 0.102. The first-order chi connectivity index (χ1) is 12.5. The highest BCUT2D eigenvalue weighted by Crippen LogP contribution is 2.15. The van der Waals surface area contributed by atoms with E-state index in [0.717, 1.165) is 5.56 Å². The van der Waals surface area contributed by atoms with Gasteiger partial charge in [0.15, 0.2) is 0 Å². The maximum absolute atomic E-state index is 12.4. The number of amides is 1. The zero-order valence-electron chi connectivity index (χ0n) is 14.0. The molecule has 0 spiro atoms. The van der Waals surface area contributed by atoms with Crippen LogP contribution in [0.1, 0.15) is 21.7 Å². The topological polar surface area (TPSA) is 66.9 Å². The van der Waals surface area contributed by atoms with Crippen molar-refractivity contribution in [1.29, 1.82) is 0 Å². The van der Waals surface area contributed by atoms with Gasteiger partial charge in [-0.15, -0.1) is 0 Å². The predicted octanol–water partition coefficient (Wildman–Crippen LogP) is 4.96. The van der Waals surface area contributed by atoms with Crippen molar-refractivity contribution in [2.24, 2.45) is 0 Å². The molecule has 0 fully saturated rings. The van der Waals surface area contributed by atoms with Gasteiger partial charge in [0.25, 0.3) is 5.91 Å². The molecule has 3 rings (SSSR count). The van der Waals surface area contributed by atoms with Crippen LogP contribution in [0.2, 0.25) is 10.0 Å². The van der Waals surface area contributed by atoms with Crippen LogP contribution in [0.5, 0.6) is 0 Å². The van der Waals surface area contributed by atoms with Crippen molar-refractivity contribution in [2.75, 3.05) is 10.6 Å². The number of hydrogen-bond donors (Lipinski definition) is 2. The molecule has 1 amide bonds. The van der Waals surface area contributed by atoms with Gasteiger partial charge in [0.2, 0.25) is 5.95 Å². The molecule has 1 heterocycles. The van der Waals surface area contributed by atoms with Gasteiger partial charge >= 0.3 is 0 Å². The summed E-state index contributed by atoms with van der Waals surface area (Å²) in [5.41, 5.74) is 2.66. The van der Waals surface area contributed by atoms with Gasteiger partial charge < -0.3 is 10.6 Å². The van der Waals surface area contributed by atoms with Crippen LogP contribution in [0.25, 0.3) is 0 Å². The number of benzene rings is 2. The standard InChI is InChI=1S/C19H16Cl2N4O/c1-12-10-17(18(26)24-16-8-6-15(21)7-9-16)25-19(23-12)22-11-13-2-4-14(20)5-3-13/h2-10H,11H2,1H3,(H,24,26)(H,22,23,25). The average Bonchev–Trinajstić information content (AvgIpc) is 2.63. The van der Waals surface area contributed by atoms with E-state index in [1.165, 1.54) is 0 Å². The molecule has 0 aliphatic rings. The van der Waals surface area contributed by atoms with E-state index in [9.17, 15) is 4.79 Å². The first-order valence-electron chi connectivity index (χ1n) is 7.90. The first kappa shape index (κ1) is 18.2. The van der Waals surface area contributed by atoms with E-state index >= 15 is 0 Å². The fraction of sp³-hybridized carbons (Fsp3) is 0.105. The molecule has 26 heavy (non-hydrogen) atoms. The Morgan fingerprint density at radius 3 is 2.23 bits per heavy atom. The summed E-state index contributed by atoms with van der Waals surface area (Å²) < 4.78 is 0. The predicted molar refractivity (Wildman–Crippen MR) is 105 cm³/mol. The highest BCUT2D eigenvalue weighted by atomic mass is 35.5. The van der Waals surface area contributed by atoms with Crippen LogP contribution < -0.4 is 10.6 Å². The Morgan fingerprint density at radius 2 is 1.58 bits per heavy atom. The highest BCUT2D eigenvalue weighted by Gasteiger charge is 2.11. The zero-order valence-corrected chi connectivity index (χ0v) is 15.5. The van der Waals surface area contributed by atoms with Gasteiger partial charge in [0.05, 0.1) is 0 Å². The summed E-state index contributed by atoms with van der Waals surface area (Å²) in [5, 5.41) is 7.20. The van der Waals surface area contributed by atoms with Crippen LogP contribution >= 0.6 is 23.2 Å². The van der Waals surface area contributed by atoms with Crippen LogP contribution in [-0.4, -0.2) is 15.9 Å². The molecule has 0 saturated heterocycles. The summed E-state index contributed by atoms with van der Waals surface area (Å²) in [6.45, 7) is 2.34. The van der Waals surface area contributed by atoms with E-state index in [2.05, 4.69) is 20.6 Å². The molecular formula is C19H16Cl2N4O. The molecule has 0 atom stereocenters. The van der Waals surface area contributed by atoms with Gasteiger partial charge in [-0.05, 0) is 55.0 Å². The molecule has 0 bridgehead atoms. The van der Waals surface area contributed by atoms with Crippen molar-refractivity contribution in [1.82, 2.24) is 9.97 Å². The molecule has 0 unspecified atom stereocenters. The Bertz CT molecular complexity index is 912. The van der Waals surface area contributed by atoms with E-state index in [1.807, 2.05) is 31.2 Å². The lowest BCUT2D eigenvalue weighted by Gasteiger charge is -2.09. The number of halogens is 2. The zero-order chi connectivity index (χ0) is 18.5. The lowest BCUT2D eigenvalue weighted by atomic mass is 10.2. The number of rotatable bonds is 5. The number of carbonyl (C=O) groups is 1. The summed E-state index contributed by atoms with van der Waals surface area (Å²) in [4.78, 5) is 21.1. The third kappa shape index (κ3) is 4.94. The minimum Gasteiger partial charge on any atom is -0.350 e. The molecular weight excluding hydrogens is 371 g/mol. The first-order valence-corrected chi connectivity index (χ1v) is 8.66. The van der Waals surface area contributed by atoms with Gasteiger partial charge in [-0.3, -0.25) is 4.79 Å². The van der Waals surface area contributed by atoms with Gasteiger partial charge in [-0.2, -0.15) is 0 Å². The van der Waals surface area contributed by atoms with E-state index in [-0.39, 0.29) is 11.6 Å². The third-order valence-corrected chi connectivity index (χ3v) is 4.06. The van der Waals surface area contributed by atoms with E-state index in [4.69, 9.17) is 23.2 Å². The monoisotopic (exact) mass is 386 g/mol. The van der Waals surface area contributed by atoms with Crippen LogP contribution in [0.3, 0.4) is 0 Å². The van der Waals surface area contributed by atoms with Crippen LogP contribution in [0, 0.1) is 6.92 Å². The number of anilines is 2. The fourth-order valence-electron chi connectivity index (χ4n) is 2.28. The number of nitrogens with one attached hydrogen (secondary N) is 2. The minimum atomic E-state index is -0.313. The van der Waals surface area contributed by atoms with Crippen LogP contribution in [0.15, 0.2) is 54.6 Å². The molecule has 0 aliphatic heterocycles. The number of hydrogen-bond acceptors (Lipinski definition) is 4. The van der Waals surface area contributed by atoms with Crippen molar-refractivity contribution in [3.05, 3.63) is 81.6 Å². The van der Waals surface area contributed by atoms with Gasteiger partial charge in [0, 0.05) is 28.0 Å². The molecule has 0 radical (unpaired) electrons. The molecule has 2 N–H and O–H groups in total. The number of carbonyl (C=O) groups excluding carboxylic acids is 1. The molecule has 1 aromatic heterocycles. The molecule has 132 valence electrons. The SMILES string of the molecule is Cc1cc(C(=O)Nc2ccc(Cl)cc2)nc(NCc2ccc(Cl)cc2)n1. The van der Waals surface area contributed by atoms with Crippen molar-refractivity contribution >= 4 is 40.7 Å². The summed E-state index contributed by atoms with van der Waals surface area (Å²) >= 11 is 11.7. The largest absolute Gasteiger partial charge is 0.350 e. The maximum atomic E-state index is 12.4. The van der Waals surface area contributed by atoms with E-state index in [0.29, 0.717) is 33.9 Å². The molecule has 0 saturated carbocycles. The lowest BCUT2D eigenvalue weighted by Crippen LogP contribution is -2.16. The van der Waals surface area contributed by atoms with Crippen LogP contribution in [-0.2, 0) is 6.54 Å². The molecule has 0 aliphatic carbocycles. The average molecular weight is 387 g/mol. The minimum absolute atomic E-state index is 0.283. The fourth-order valence-corrected chi connectivity index (χ4v) is 2.53. The molecule has 2 aromatic carbocycles. The van der Waals surface area contributed by atoms with Crippen molar-refractivity contribution in [3.8, 4) is 0 Å². The summed E-state index contributed by atoms with van der Waals surface area (Å²) in [7, 11) is 0. The van der Waals surface area contributed by atoms with Crippen molar-refractivity contribution in [3.63, 3.8) is 0 Å². The van der Waals surface area contributed by atoms with Crippen molar-refractivity contribution in [2.45, 2.75) is 13.5 Å². The van der Waals surface area contributed by atoms with E-state index in [1.54, 1.807) is 30.3 Å². The van der Waals surface area contributed by atoms with Gasteiger partial charge in [0.1, 0.15) is 5.69 Å². The molecule has 5 nitrogen and oxygen atoms in total. The number of aromatic nitrogens is 2. The second-order valence-electron chi connectivity index (χ2n) is 5.66. The van der Waals surface area contributed by atoms with E-state index < -0.39 is 0 Å². The Hall–Kier alpha value is -2.63. The molecule has 3 aromatic rings. The van der Waals surface area contributed by atoms with Crippen molar-refractivity contribution < 1.29 is 4.79 Å². The highest BCUT2D eigenvalue weighted by molar-refractivity contribution is 6.30. The quantitative estimate of drug-likeness (QED) is 0.650. The van der Waals surface area contributed by atoms with Gasteiger partial charge in [-0.25, -0.2) is 9.97 Å². The van der Waals surface area contributed by atoms with Crippen LogP contribution in [0.4, 0.5) is 11.6 Å². The molecule has 7 heteroatoms. The second-order valence-corrected chi connectivity index (χ2v) is 6.53. The number of aryl methyl sites for hydroxylation is 1. The summed E-state index contributed by atoms with van der Waals surface area (Å²) in [6, 6.07) is 16.0. The maximum Gasteiger partial charge on any atom is 0.274 e. The second kappa shape index (κ2) is 8.17. The Balaban J connectivity index is 1.71.